The zero-order valence-electron chi connectivity index (χ0n) is 25.6. The number of benzene rings is 2. The van der Waals surface area contributed by atoms with E-state index in [0.717, 1.165) is 49.0 Å². The lowest BCUT2D eigenvalue weighted by Gasteiger charge is -2.20. The third kappa shape index (κ3) is 17.4. The van der Waals surface area contributed by atoms with Crippen molar-refractivity contribution in [1.82, 2.24) is 5.32 Å². The van der Waals surface area contributed by atoms with E-state index in [1.54, 1.807) is 7.11 Å². The summed E-state index contributed by atoms with van der Waals surface area (Å²) in [5.41, 5.74) is 1.85. The van der Waals surface area contributed by atoms with Gasteiger partial charge in [-0.25, -0.2) is 0 Å². The van der Waals surface area contributed by atoms with Gasteiger partial charge in [-0.3, -0.25) is 9.36 Å². The first-order chi connectivity index (χ1) is 20.3. The molecule has 0 fully saturated rings. The summed E-state index contributed by atoms with van der Waals surface area (Å²) in [4.78, 5) is 31.7. The van der Waals surface area contributed by atoms with Gasteiger partial charge >= 0.3 is 7.60 Å². The molecular weight excluding hydrogens is 549 g/mol. The van der Waals surface area contributed by atoms with Crippen LogP contribution < -0.4 is 14.8 Å². The van der Waals surface area contributed by atoms with Crippen molar-refractivity contribution >= 4 is 13.5 Å². The first-order valence-electron chi connectivity index (χ1n) is 15.6. The number of hydrogen-bond acceptors (Lipinski definition) is 4. The fourth-order valence-electron chi connectivity index (χ4n) is 4.86. The Hall–Kier alpha value is -2.60. The zero-order valence-corrected chi connectivity index (χ0v) is 26.5. The van der Waals surface area contributed by atoms with Gasteiger partial charge in [-0.05, 0) is 73.9 Å². The van der Waals surface area contributed by atoms with Crippen LogP contribution in [0.15, 0.2) is 60.7 Å². The number of nitrogens with one attached hydrogen (secondary N) is 1. The maximum atomic E-state index is 12.6. The summed E-state index contributed by atoms with van der Waals surface area (Å²) in [6, 6.07) is 14.4. The molecule has 1 atom stereocenters. The Morgan fingerprint density at radius 2 is 1.50 bits per heavy atom. The average molecular weight is 602 g/mol. The Morgan fingerprint density at radius 1 is 0.857 bits per heavy atom. The van der Waals surface area contributed by atoms with Crippen LogP contribution in [0.5, 0.6) is 11.5 Å². The van der Waals surface area contributed by atoms with Crippen LogP contribution in [0, 0.1) is 0 Å². The molecule has 1 amide bonds. The third-order valence-electron chi connectivity index (χ3n) is 7.18. The van der Waals surface area contributed by atoms with Crippen molar-refractivity contribution in [2.45, 2.75) is 109 Å². The SMILES string of the molecule is CCCCCCC/C=C\CCCCCCCC(=O)N[C@@H](Cc1ccc(OCc2cccc(OC)c2)cc1)CP(=O)(O)O. The third-order valence-corrected chi connectivity index (χ3v) is 8.10. The number of ether oxygens (including phenoxy) is 2. The van der Waals surface area contributed by atoms with Gasteiger partial charge in [0.1, 0.15) is 18.1 Å². The smallest absolute Gasteiger partial charge is 0.327 e. The number of amides is 1. The Kier molecular flexibility index (Phi) is 17.9. The number of hydrogen-bond donors (Lipinski definition) is 3. The van der Waals surface area contributed by atoms with Crippen molar-refractivity contribution in [1.29, 1.82) is 0 Å². The molecule has 2 rings (SSSR count). The Bertz CT molecular complexity index is 1080. The molecule has 0 spiro atoms. The molecular formula is C34H52NO6P. The molecule has 8 heteroatoms. The minimum Gasteiger partial charge on any atom is -0.497 e. The molecule has 0 saturated heterocycles. The van der Waals surface area contributed by atoms with Crippen molar-refractivity contribution in [2.24, 2.45) is 0 Å². The highest BCUT2D eigenvalue weighted by molar-refractivity contribution is 7.51. The molecule has 0 radical (unpaired) electrons. The molecule has 2 aromatic carbocycles. The summed E-state index contributed by atoms with van der Waals surface area (Å²) < 4.78 is 22.8. The van der Waals surface area contributed by atoms with E-state index in [1.165, 1.54) is 44.9 Å². The van der Waals surface area contributed by atoms with Crippen molar-refractivity contribution in [3.63, 3.8) is 0 Å². The highest BCUT2D eigenvalue weighted by Crippen LogP contribution is 2.35. The summed E-state index contributed by atoms with van der Waals surface area (Å²) in [7, 11) is -2.67. The topological polar surface area (TPSA) is 105 Å². The van der Waals surface area contributed by atoms with Crippen LogP contribution in [0.4, 0.5) is 0 Å². The summed E-state index contributed by atoms with van der Waals surface area (Å²) in [6.07, 6.45) is 19.0. The average Bonchev–Trinajstić information content (AvgIpc) is 2.96. The number of carbonyl (C=O) groups is 1. The molecule has 0 aliphatic carbocycles. The van der Waals surface area contributed by atoms with E-state index >= 15 is 0 Å². The van der Waals surface area contributed by atoms with Gasteiger partial charge < -0.3 is 24.6 Å². The fraction of sp³-hybridized carbons (Fsp3) is 0.559. The normalized spacial score (nSPS) is 12.4. The van der Waals surface area contributed by atoms with Gasteiger partial charge in [-0.15, -0.1) is 0 Å². The number of rotatable bonds is 23. The largest absolute Gasteiger partial charge is 0.497 e. The van der Waals surface area contributed by atoms with Crippen LogP contribution in [0.2, 0.25) is 0 Å². The summed E-state index contributed by atoms with van der Waals surface area (Å²) in [6.45, 7) is 2.63. The molecule has 0 saturated carbocycles. The Labute approximate surface area is 253 Å². The Balaban J connectivity index is 1.67. The van der Waals surface area contributed by atoms with Crippen molar-refractivity contribution in [3.05, 3.63) is 71.8 Å². The second-order valence-electron chi connectivity index (χ2n) is 11.1. The molecule has 234 valence electrons. The molecule has 42 heavy (non-hydrogen) atoms. The van der Waals surface area contributed by atoms with Crippen molar-refractivity contribution in [2.75, 3.05) is 13.3 Å². The second kappa shape index (κ2) is 21.1. The van der Waals surface area contributed by atoms with Crippen LogP contribution in [-0.2, 0) is 22.4 Å². The van der Waals surface area contributed by atoms with Crippen molar-refractivity contribution < 1.29 is 28.6 Å². The molecule has 0 aliphatic heterocycles. The van der Waals surface area contributed by atoms with Crippen LogP contribution in [0.1, 0.15) is 102 Å². The quantitative estimate of drug-likeness (QED) is 0.0675. The summed E-state index contributed by atoms with van der Waals surface area (Å²) >= 11 is 0. The number of allylic oxidation sites excluding steroid dienone is 2. The number of methoxy groups -OCH3 is 1. The van der Waals surface area contributed by atoms with Gasteiger partial charge in [0.2, 0.25) is 5.91 Å². The van der Waals surface area contributed by atoms with E-state index in [9.17, 15) is 19.1 Å². The first kappa shape index (κ1) is 35.6. The van der Waals surface area contributed by atoms with E-state index in [0.29, 0.717) is 25.2 Å². The predicted molar refractivity (Wildman–Crippen MR) is 171 cm³/mol. The minimum absolute atomic E-state index is 0.159. The first-order valence-corrected chi connectivity index (χ1v) is 17.4. The van der Waals surface area contributed by atoms with Crippen LogP contribution >= 0.6 is 7.60 Å². The lowest BCUT2D eigenvalue weighted by Crippen LogP contribution is -2.39. The maximum absolute atomic E-state index is 12.6. The van der Waals surface area contributed by atoms with Crippen LogP contribution in [0.3, 0.4) is 0 Å². The van der Waals surface area contributed by atoms with Gasteiger partial charge in [0.25, 0.3) is 0 Å². The fourth-order valence-corrected chi connectivity index (χ4v) is 5.66. The lowest BCUT2D eigenvalue weighted by molar-refractivity contribution is -0.121. The minimum atomic E-state index is -4.29. The monoisotopic (exact) mass is 601 g/mol. The van der Waals surface area contributed by atoms with Gasteiger partial charge in [0.05, 0.1) is 13.3 Å². The second-order valence-corrected chi connectivity index (χ2v) is 12.8. The van der Waals surface area contributed by atoms with Crippen LogP contribution in [-0.4, -0.2) is 35.0 Å². The number of unbranched alkanes of at least 4 members (excludes halogenated alkanes) is 10. The number of carbonyl (C=O) groups excluding carboxylic acids is 1. The molecule has 0 unspecified atom stereocenters. The van der Waals surface area contributed by atoms with Gasteiger partial charge in [0.15, 0.2) is 0 Å². The lowest BCUT2D eigenvalue weighted by atomic mass is 10.1. The molecule has 0 heterocycles. The summed E-state index contributed by atoms with van der Waals surface area (Å²) in [5.74, 6) is 1.30. The Morgan fingerprint density at radius 3 is 2.14 bits per heavy atom. The van der Waals surface area contributed by atoms with Gasteiger partial charge in [-0.2, -0.15) is 0 Å². The van der Waals surface area contributed by atoms with E-state index in [4.69, 9.17) is 9.47 Å². The predicted octanol–water partition coefficient (Wildman–Crippen LogP) is 8.13. The van der Waals surface area contributed by atoms with Crippen molar-refractivity contribution in [3.8, 4) is 11.5 Å². The molecule has 0 aliphatic rings. The molecule has 0 aromatic heterocycles. The maximum Gasteiger partial charge on any atom is 0.327 e. The molecule has 3 N–H and O–H groups in total. The van der Waals surface area contributed by atoms with E-state index in [2.05, 4.69) is 24.4 Å². The van der Waals surface area contributed by atoms with Crippen LogP contribution in [0.25, 0.3) is 0 Å². The summed E-state index contributed by atoms with van der Waals surface area (Å²) in [5, 5.41) is 2.86. The van der Waals surface area contributed by atoms with E-state index in [-0.39, 0.29) is 12.1 Å². The zero-order chi connectivity index (χ0) is 30.5. The standard InChI is InChI=1S/C34H52NO6P/c1-3-4-5-6-7-8-9-10-11-12-13-14-15-16-20-34(36)35-31(28-42(37,38)39)25-29-21-23-32(24-22-29)41-27-30-18-17-19-33(26-30)40-2/h9-10,17-19,21-24,26,31H,3-8,11-16,20,25,27-28H2,1-2H3,(H,35,36)(H2,37,38,39)/b10-9-/t31-/m0/s1. The molecule has 2 aromatic rings. The molecule has 0 bridgehead atoms. The highest BCUT2D eigenvalue weighted by atomic mass is 31.2. The highest BCUT2D eigenvalue weighted by Gasteiger charge is 2.23. The van der Waals surface area contributed by atoms with Gasteiger partial charge in [-0.1, -0.05) is 88.3 Å². The van der Waals surface area contributed by atoms with Gasteiger partial charge in [0, 0.05) is 12.5 Å². The molecule has 7 nitrogen and oxygen atoms in total. The van der Waals surface area contributed by atoms with E-state index in [1.807, 2.05) is 48.5 Å². The van der Waals surface area contributed by atoms with E-state index < -0.39 is 13.6 Å².